The van der Waals surface area contributed by atoms with Gasteiger partial charge < -0.3 is 10.1 Å². The van der Waals surface area contributed by atoms with Crippen LogP contribution in [0, 0.1) is 17.8 Å². The highest BCUT2D eigenvalue weighted by molar-refractivity contribution is 5.82. The molecule has 2 unspecified atom stereocenters. The van der Waals surface area contributed by atoms with Crippen LogP contribution in [0.2, 0.25) is 0 Å². The van der Waals surface area contributed by atoms with Crippen LogP contribution in [0.3, 0.4) is 0 Å². The molecule has 86 valence electrons. The zero-order valence-corrected chi connectivity index (χ0v) is 9.66. The predicted molar refractivity (Wildman–Crippen MR) is 58.7 cm³/mol. The number of carbonyl (C=O) groups excluding carboxylic acids is 1. The molecule has 2 fully saturated rings. The molecule has 1 N–H and O–H groups in total. The molecule has 1 aliphatic carbocycles. The van der Waals surface area contributed by atoms with Gasteiger partial charge in [0, 0.05) is 5.92 Å². The summed E-state index contributed by atoms with van der Waals surface area (Å²) in [4.78, 5) is 11.8. The Morgan fingerprint density at radius 3 is 2.47 bits per heavy atom. The average Bonchev–Trinajstić information content (AvgIpc) is 2.72. The lowest BCUT2D eigenvalue weighted by atomic mass is 10.0. The lowest BCUT2D eigenvalue weighted by molar-refractivity contribution is -0.128. The first-order valence-corrected chi connectivity index (χ1v) is 6.02. The SMILES string of the molecule is CC(C)OCC(=O)C1CC2CNCC2C1. The lowest BCUT2D eigenvalue weighted by Gasteiger charge is -2.12. The maximum Gasteiger partial charge on any atom is 0.161 e. The molecule has 0 aromatic rings. The van der Waals surface area contributed by atoms with Gasteiger partial charge in [-0.2, -0.15) is 0 Å². The second kappa shape index (κ2) is 4.62. The van der Waals surface area contributed by atoms with Crippen molar-refractivity contribution in [1.29, 1.82) is 0 Å². The Labute approximate surface area is 91.6 Å². The van der Waals surface area contributed by atoms with Gasteiger partial charge in [-0.05, 0) is 51.6 Å². The smallest absolute Gasteiger partial charge is 0.161 e. The number of Topliss-reactive ketones (excluding diaryl/α,β-unsaturated/α-hetero) is 1. The van der Waals surface area contributed by atoms with Crippen molar-refractivity contribution in [2.45, 2.75) is 32.8 Å². The van der Waals surface area contributed by atoms with Crippen molar-refractivity contribution in [2.75, 3.05) is 19.7 Å². The first kappa shape index (κ1) is 11.1. The third-order valence-electron chi connectivity index (χ3n) is 3.67. The van der Waals surface area contributed by atoms with Gasteiger partial charge in [0.25, 0.3) is 0 Å². The molecule has 0 radical (unpaired) electrons. The average molecular weight is 211 g/mol. The van der Waals surface area contributed by atoms with Gasteiger partial charge in [-0.3, -0.25) is 4.79 Å². The summed E-state index contributed by atoms with van der Waals surface area (Å²) in [6, 6.07) is 0. The number of fused-ring (bicyclic) bond motifs is 1. The highest BCUT2D eigenvalue weighted by atomic mass is 16.5. The molecular formula is C12H21NO2. The largest absolute Gasteiger partial charge is 0.371 e. The molecule has 3 nitrogen and oxygen atoms in total. The van der Waals surface area contributed by atoms with E-state index in [4.69, 9.17) is 4.74 Å². The molecule has 0 aromatic heterocycles. The fourth-order valence-corrected chi connectivity index (χ4v) is 2.80. The number of carbonyl (C=O) groups is 1. The van der Waals surface area contributed by atoms with E-state index in [0.29, 0.717) is 12.4 Å². The van der Waals surface area contributed by atoms with Gasteiger partial charge in [0.1, 0.15) is 6.61 Å². The molecule has 0 amide bonds. The van der Waals surface area contributed by atoms with Crippen molar-refractivity contribution >= 4 is 5.78 Å². The summed E-state index contributed by atoms with van der Waals surface area (Å²) in [7, 11) is 0. The van der Waals surface area contributed by atoms with E-state index in [1.165, 1.54) is 0 Å². The van der Waals surface area contributed by atoms with E-state index >= 15 is 0 Å². The van der Waals surface area contributed by atoms with Gasteiger partial charge in [0.15, 0.2) is 5.78 Å². The Morgan fingerprint density at radius 1 is 1.33 bits per heavy atom. The van der Waals surface area contributed by atoms with Crippen molar-refractivity contribution in [3.8, 4) is 0 Å². The number of rotatable bonds is 4. The first-order valence-electron chi connectivity index (χ1n) is 6.02. The highest BCUT2D eigenvalue weighted by Crippen LogP contribution is 2.38. The number of hydrogen-bond donors (Lipinski definition) is 1. The third kappa shape index (κ3) is 2.58. The number of nitrogens with one attached hydrogen (secondary N) is 1. The van der Waals surface area contributed by atoms with Crippen LogP contribution in [0.25, 0.3) is 0 Å². The molecule has 2 rings (SSSR count). The minimum atomic E-state index is 0.163. The van der Waals surface area contributed by atoms with E-state index in [1.54, 1.807) is 0 Å². The fourth-order valence-electron chi connectivity index (χ4n) is 2.80. The van der Waals surface area contributed by atoms with Gasteiger partial charge in [-0.25, -0.2) is 0 Å². The van der Waals surface area contributed by atoms with Gasteiger partial charge in [0.2, 0.25) is 0 Å². The van der Waals surface area contributed by atoms with Crippen LogP contribution >= 0.6 is 0 Å². The zero-order valence-electron chi connectivity index (χ0n) is 9.66. The van der Waals surface area contributed by atoms with Crippen molar-refractivity contribution in [1.82, 2.24) is 5.32 Å². The molecule has 1 heterocycles. The van der Waals surface area contributed by atoms with Gasteiger partial charge in [-0.1, -0.05) is 0 Å². The Balaban J connectivity index is 1.78. The van der Waals surface area contributed by atoms with Gasteiger partial charge in [0.05, 0.1) is 6.10 Å². The van der Waals surface area contributed by atoms with E-state index in [2.05, 4.69) is 5.32 Å². The van der Waals surface area contributed by atoms with Crippen LogP contribution in [0.1, 0.15) is 26.7 Å². The second-order valence-corrected chi connectivity index (χ2v) is 5.17. The summed E-state index contributed by atoms with van der Waals surface area (Å²) >= 11 is 0. The number of ether oxygens (including phenoxy) is 1. The van der Waals surface area contributed by atoms with Crippen molar-refractivity contribution in [3.05, 3.63) is 0 Å². The molecule has 3 heteroatoms. The summed E-state index contributed by atoms with van der Waals surface area (Å²) < 4.78 is 5.37. The highest BCUT2D eigenvalue weighted by Gasteiger charge is 2.39. The third-order valence-corrected chi connectivity index (χ3v) is 3.67. The van der Waals surface area contributed by atoms with E-state index < -0.39 is 0 Å². The van der Waals surface area contributed by atoms with Crippen molar-refractivity contribution in [2.24, 2.45) is 17.8 Å². The summed E-state index contributed by atoms with van der Waals surface area (Å²) in [6.45, 7) is 6.48. The topological polar surface area (TPSA) is 38.3 Å². The molecule has 1 saturated carbocycles. The maximum atomic E-state index is 11.8. The molecule has 0 bridgehead atoms. The van der Waals surface area contributed by atoms with Crippen LogP contribution in [-0.2, 0) is 9.53 Å². The van der Waals surface area contributed by atoms with Gasteiger partial charge >= 0.3 is 0 Å². The van der Waals surface area contributed by atoms with Crippen LogP contribution in [0.4, 0.5) is 0 Å². The molecule has 15 heavy (non-hydrogen) atoms. The molecule has 2 atom stereocenters. The van der Waals surface area contributed by atoms with E-state index in [1.807, 2.05) is 13.8 Å². The minimum Gasteiger partial charge on any atom is -0.371 e. The molecule has 1 saturated heterocycles. The summed E-state index contributed by atoms with van der Waals surface area (Å²) in [5, 5.41) is 3.39. The monoisotopic (exact) mass is 211 g/mol. The summed E-state index contributed by atoms with van der Waals surface area (Å²) in [6.07, 6.45) is 2.33. The van der Waals surface area contributed by atoms with E-state index in [9.17, 15) is 4.79 Å². The molecule has 1 aliphatic heterocycles. The predicted octanol–water partition coefficient (Wildman–Crippen LogP) is 1.23. The molecule has 0 aromatic carbocycles. The first-order chi connectivity index (χ1) is 7.16. The Kier molecular flexibility index (Phi) is 3.42. The van der Waals surface area contributed by atoms with Crippen LogP contribution in [0.5, 0.6) is 0 Å². The zero-order chi connectivity index (χ0) is 10.8. The van der Waals surface area contributed by atoms with E-state index in [0.717, 1.165) is 37.8 Å². The van der Waals surface area contributed by atoms with E-state index in [-0.39, 0.29) is 12.0 Å². The Bertz CT molecular complexity index is 228. The second-order valence-electron chi connectivity index (χ2n) is 5.17. The van der Waals surface area contributed by atoms with Gasteiger partial charge in [-0.15, -0.1) is 0 Å². The van der Waals surface area contributed by atoms with Crippen LogP contribution in [0.15, 0.2) is 0 Å². The Hall–Kier alpha value is -0.410. The van der Waals surface area contributed by atoms with Crippen LogP contribution in [-0.4, -0.2) is 31.6 Å². The van der Waals surface area contributed by atoms with Crippen molar-refractivity contribution in [3.63, 3.8) is 0 Å². The summed E-state index contributed by atoms with van der Waals surface area (Å²) in [5.74, 6) is 2.09. The quantitative estimate of drug-likeness (QED) is 0.760. The standard InChI is InChI=1S/C12H21NO2/c1-8(2)15-7-12(14)9-3-10-5-13-6-11(10)4-9/h8-11,13H,3-7H2,1-2H3. The normalized spacial score (nSPS) is 34.7. The molecule has 0 spiro atoms. The number of ketones is 1. The molecule has 2 aliphatic rings. The van der Waals surface area contributed by atoms with Crippen LogP contribution < -0.4 is 5.32 Å². The van der Waals surface area contributed by atoms with Crippen molar-refractivity contribution < 1.29 is 9.53 Å². The summed E-state index contributed by atoms with van der Waals surface area (Å²) in [5.41, 5.74) is 0. The minimum absolute atomic E-state index is 0.163. The molecular weight excluding hydrogens is 190 g/mol. The maximum absolute atomic E-state index is 11.8. The fraction of sp³-hybridized carbons (Fsp3) is 0.917. The Morgan fingerprint density at radius 2 is 1.93 bits per heavy atom. The number of hydrogen-bond acceptors (Lipinski definition) is 3. The lowest BCUT2D eigenvalue weighted by Crippen LogP contribution is -2.22.